The smallest absolute Gasteiger partial charge is 0.129 e. The van der Waals surface area contributed by atoms with Crippen LogP contribution >= 0.6 is 11.6 Å². The number of hydrogen-bond donors (Lipinski definition) is 1. The minimum Gasteiger partial charge on any atom is -0.395 e. The van der Waals surface area contributed by atoms with Gasteiger partial charge in [0.25, 0.3) is 0 Å². The Balaban J connectivity index is 2.28. The molecule has 0 aromatic carbocycles. The van der Waals surface area contributed by atoms with Crippen molar-refractivity contribution in [1.82, 2.24) is 4.98 Å². The van der Waals surface area contributed by atoms with E-state index >= 15 is 0 Å². The third kappa shape index (κ3) is 2.14. The molecule has 4 heteroatoms. The van der Waals surface area contributed by atoms with E-state index < -0.39 is 0 Å². The number of ether oxygens (including phenoxy) is 1. The number of nitrogens with zero attached hydrogens (tertiary/aromatic N) is 1. The number of aliphatic hydroxyl groups excluding tert-OH is 1. The minimum atomic E-state index is -0.185. The second kappa shape index (κ2) is 4.47. The lowest BCUT2D eigenvalue weighted by atomic mass is 9.75. The summed E-state index contributed by atoms with van der Waals surface area (Å²) >= 11 is 5.74. The van der Waals surface area contributed by atoms with Crippen LogP contribution in [-0.2, 0) is 10.2 Å². The first-order valence-corrected chi connectivity index (χ1v) is 5.45. The topological polar surface area (TPSA) is 42.4 Å². The molecule has 1 aromatic rings. The van der Waals surface area contributed by atoms with E-state index in [-0.39, 0.29) is 12.0 Å². The van der Waals surface area contributed by atoms with Crippen LogP contribution in [0.2, 0.25) is 5.15 Å². The second-order valence-corrected chi connectivity index (χ2v) is 4.31. The van der Waals surface area contributed by atoms with Gasteiger partial charge in [-0.05, 0) is 24.5 Å². The van der Waals surface area contributed by atoms with Crippen LogP contribution in [0.25, 0.3) is 0 Å². The number of rotatable bonds is 2. The van der Waals surface area contributed by atoms with Crippen LogP contribution < -0.4 is 0 Å². The van der Waals surface area contributed by atoms with E-state index in [4.69, 9.17) is 16.3 Å². The maximum Gasteiger partial charge on any atom is 0.129 e. The average Bonchev–Trinajstić information content (AvgIpc) is 2.31. The largest absolute Gasteiger partial charge is 0.395 e. The van der Waals surface area contributed by atoms with Crippen molar-refractivity contribution < 1.29 is 9.84 Å². The summed E-state index contributed by atoms with van der Waals surface area (Å²) in [5.41, 5.74) is 0.869. The lowest BCUT2D eigenvalue weighted by Gasteiger charge is -2.35. The highest BCUT2D eigenvalue weighted by Gasteiger charge is 2.33. The predicted molar refractivity (Wildman–Crippen MR) is 58.1 cm³/mol. The van der Waals surface area contributed by atoms with Crippen LogP contribution in [0.3, 0.4) is 0 Å². The van der Waals surface area contributed by atoms with E-state index in [0.29, 0.717) is 18.4 Å². The molecule has 0 saturated carbocycles. The van der Waals surface area contributed by atoms with Crippen molar-refractivity contribution in [3.63, 3.8) is 0 Å². The Kier molecular flexibility index (Phi) is 3.24. The van der Waals surface area contributed by atoms with Crippen LogP contribution in [0, 0.1) is 0 Å². The molecule has 0 bridgehead atoms. The molecule has 1 aliphatic heterocycles. The van der Waals surface area contributed by atoms with Crippen LogP contribution in [0.1, 0.15) is 18.4 Å². The van der Waals surface area contributed by atoms with Gasteiger partial charge in [0.1, 0.15) is 5.15 Å². The molecule has 82 valence electrons. The first-order valence-electron chi connectivity index (χ1n) is 5.07. The molecular weight excluding hydrogens is 214 g/mol. The molecule has 15 heavy (non-hydrogen) atoms. The van der Waals surface area contributed by atoms with Crippen LogP contribution in [0.4, 0.5) is 0 Å². The fourth-order valence-electron chi connectivity index (χ4n) is 1.99. The van der Waals surface area contributed by atoms with E-state index in [0.717, 1.165) is 18.4 Å². The van der Waals surface area contributed by atoms with Crippen LogP contribution in [-0.4, -0.2) is 29.9 Å². The van der Waals surface area contributed by atoms with Crippen molar-refractivity contribution >= 4 is 11.6 Å². The highest BCUT2D eigenvalue weighted by Crippen LogP contribution is 2.34. The molecule has 1 N–H and O–H groups in total. The average molecular weight is 228 g/mol. The molecule has 0 spiro atoms. The van der Waals surface area contributed by atoms with Crippen molar-refractivity contribution in [2.45, 2.75) is 18.3 Å². The fourth-order valence-corrected chi connectivity index (χ4v) is 2.10. The molecule has 2 rings (SSSR count). The van der Waals surface area contributed by atoms with Gasteiger partial charge in [-0.3, -0.25) is 0 Å². The zero-order chi connectivity index (χ0) is 10.7. The normalized spacial score (nSPS) is 20.1. The Morgan fingerprint density at radius 1 is 1.40 bits per heavy atom. The Morgan fingerprint density at radius 2 is 2.13 bits per heavy atom. The summed E-state index contributed by atoms with van der Waals surface area (Å²) < 4.78 is 5.31. The zero-order valence-electron chi connectivity index (χ0n) is 8.45. The van der Waals surface area contributed by atoms with Gasteiger partial charge in [-0.15, -0.1) is 0 Å². The standard InChI is InChI=1S/C11H14ClNO2/c12-10-2-1-9(7-13-10)11(8-14)3-5-15-6-4-11/h1-2,7,14H,3-6,8H2. The summed E-state index contributed by atoms with van der Waals surface area (Å²) in [4.78, 5) is 4.06. The molecule has 3 nitrogen and oxygen atoms in total. The SMILES string of the molecule is OCC1(c2ccc(Cl)nc2)CCOCC1. The number of halogens is 1. The van der Waals surface area contributed by atoms with Crippen molar-refractivity contribution in [2.75, 3.05) is 19.8 Å². The molecule has 0 aliphatic carbocycles. The Bertz CT molecular complexity index is 320. The second-order valence-electron chi connectivity index (χ2n) is 3.92. The molecule has 2 heterocycles. The van der Waals surface area contributed by atoms with Gasteiger partial charge in [-0.25, -0.2) is 4.98 Å². The van der Waals surface area contributed by atoms with E-state index in [9.17, 15) is 5.11 Å². The minimum absolute atomic E-state index is 0.139. The van der Waals surface area contributed by atoms with Gasteiger partial charge in [-0.1, -0.05) is 17.7 Å². The summed E-state index contributed by atoms with van der Waals surface area (Å²) in [6.07, 6.45) is 3.43. The lowest BCUT2D eigenvalue weighted by Crippen LogP contribution is -2.37. The number of pyridine rings is 1. The number of aromatic nitrogens is 1. The molecule has 0 unspecified atom stereocenters. The van der Waals surface area contributed by atoms with Gasteiger partial charge in [0, 0.05) is 24.8 Å². The van der Waals surface area contributed by atoms with Gasteiger partial charge in [0.15, 0.2) is 0 Å². The molecule has 0 atom stereocenters. The summed E-state index contributed by atoms with van der Waals surface area (Å²) in [5, 5.41) is 10.0. The van der Waals surface area contributed by atoms with Gasteiger partial charge >= 0.3 is 0 Å². The molecule has 1 aromatic heterocycles. The van der Waals surface area contributed by atoms with E-state index in [1.54, 1.807) is 12.3 Å². The molecule has 1 saturated heterocycles. The molecule has 1 aliphatic rings. The Morgan fingerprint density at radius 3 is 2.67 bits per heavy atom. The summed E-state index contributed by atoms with van der Waals surface area (Å²) in [6, 6.07) is 3.71. The molecule has 0 amide bonds. The predicted octanol–water partition coefficient (Wildman–Crippen LogP) is 1.78. The maximum absolute atomic E-state index is 9.55. The summed E-state index contributed by atoms with van der Waals surface area (Å²) in [7, 11) is 0. The Labute approximate surface area is 94.0 Å². The van der Waals surface area contributed by atoms with Crippen LogP contribution in [0.15, 0.2) is 18.3 Å². The van der Waals surface area contributed by atoms with Gasteiger partial charge < -0.3 is 9.84 Å². The number of aliphatic hydroxyl groups is 1. The van der Waals surface area contributed by atoms with Gasteiger partial charge in [0.05, 0.1) is 6.61 Å². The highest BCUT2D eigenvalue weighted by molar-refractivity contribution is 6.29. The lowest BCUT2D eigenvalue weighted by molar-refractivity contribution is 0.0252. The first-order chi connectivity index (χ1) is 7.27. The third-order valence-electron chi connectivity index (χ3n) is 3.09. The molecular formula is C11H14ClNO2. The van der Waals surface area contributed by atoms with E-state index in [2.05, 4.69) is 4.98 Å². The summed E-state index contributed by atoms with van der Waals surface area (Å²) in [5.74, 6) is 0. The zero-order valence-corrected chi connectivity index (χ0v) is 9.20. The Hall–Kier alpha value is -0.640. The third-order valence-corrected chi connectivity index (χ3v) is 3.32. The van der Waals surface area contributed by atoms with Crippen molar-refractivity contribution in [3.05, 3.63) is 29.0 Å². The quantitative estimate of drug-likeness (QED) is 0.784. The number of hydrogen-bond acceptors (Lipinski definition) is 3. The van der Waals surface area contributed by atoms with Gasteiger partial charge in [0.2, 0.25) is 0 Å². The van der Waals surface area contributed by atoms with Gasteiger partial charge in [-0.2, -0.15) is 0 Å². The fraction of sp³-hybridized carbons (Fsp3) is 0.545. The van der Waals surface area contributed by atoms with Crippen molar-refractivity contribution in [2.24, 2.45) is 0 Å². The molecule has 1 fully saturated rings. The maximum atomic E-state index is 9.55. The highest BCUT2D eigenvalue weighted by atomic mass is 35.5. The van der Waals surface area contributed by atoms with E-state index in [1.807, 2.05) is 6.07 Å². The summed E-state index contributed by atoms with van der Waals surface area (Å²) in [6.45, 7) is 1.53. The molecule has 0 radical (unpaired) electrons. The van der Waals surface area contributed by atoms with E-state index in [1.165, 1.54) is 0 Å². The van der Waals surface area contributed by atoms with Crippen molar-refractivity contribution in [3.8, 4) is 0 Å². The first kappa shape index (κ1) is 10.9. The monoisotopic (exact) mass is 227 g/mol. The van der Waals surface area contributed by atoms with Crippen LogP contribution in [0.5, 0.6) is 0 Å². The van der Waals surface area contributed by atoms with Crippen molar-refractivity contribution in [1.29, 1.82) is 0 Å².